The minimum atomic E-state index is -3.11. The van der Waals surface area contributed by atoms with E-state index in [1.165, 1.54) is 6.26 Å². The van der Waals surface area contributed by atoms with E-state index in [1.807, 2.05) is 42.2 Å². The second-order valence-electron chi connectivity index (χ2n) is 5.91. The van der Waals surface area contributed by atoms with Gasteiger partial charge in [-0.1, -0.05) is 37.3 Å². The third-order valence-corrected chi connectivity index (χ3v) is 6.74. The average molecular weight is 329 g/mol. The third-order valence-electron chi connectivity index (χ3n) is 4.06. The van der Waals surface area contributed by atoms with Gasteiger partial charge in [0.25, 0.3) is 0 Å². The van der Waals surface area contributed by atoms with E-state index >= 15 is 0 Å². The smallest absolute Gasteiger partial charge is 0.164 e. The molecule has 0 bridgehead atoms. The summed E-state index contributed by atoms with van der Waals surface area (Å²) in [5, 5.41) is 9.42. The van der Waals surface area contributed by atoms with Gasteiger partial charge in [0.1, 0.15) is 5.37 Å². The van der Waals surface area contributed by atoms with Crippen LogP contribution in [0.3, 0.4) is 0 Å². The molecule has 6 heteroatoms. The van der Waals surface area contributed by atoms with Crippen molar-refractivity contribution in [3.8, 4) is 0 Å². The number of hydrogen-bond donors (Lipinski definition) is 1. The van der Waals surface area contributed by atoms with Crippen LogP contribution in [0.2, 0.25) is 0 Å². The number of sulfone groups is 1. The van der Waals surface area contributed by atoms with Gasteiger partial charge in [-0.3, -0.25) is 4.90 Å². The molecule has 2 unspecified atom stereocenters. The molecule has 1 aromatic rings. The van der Waals surface area contributed by atoms with Gasteiger partial charge >= 0.3 is 0 Å². The zero-order valence-electron chi connectivity index (χ0n) is 12.5. The van der Waals surface area contributed by atoms with E-state index in [2.05, 4.69) is 0 Å². The highest BCUT2D eigenvalue weighted by Gasteiger charge is 2.36. The van der Waals surface area contributed by atoms with E-state index in [9.17, 15) is 13.5 Å². The van der Waals surface area contributed by atoms with Gasteiger partial charge in [0, 0.05) is 36.3 Å². The lowest BCUT2D eigenvalue weighted by atomic mass is 9.82. The quantitative estimate of drug-likeness (QED) is 0.884. The maximum Gasteiger partial charge on any atom is 0.164 e. The van der Waals surface area contributed by atoms with Crippen molar-refractivity contribution in [3.63, 3.8) is 0 Å². The lowest BCUT2D eigenvalue weighted by Crippen LogP contribution is -2.52. The van der Waals surface area contributed by atoms with Crippen LogP contribution in [0.1, 0.15) is 12.5 Å². The first kappa shape index (κ1) is 16.8. The zero-order chi connectivity index (χ0) is 15.5. The molecule has 0 radical (unpaired) electrons. The van der Waals surface area contributed by atoms with E-state index in [4.69, 9.17) is 0 Å². The molecule has 1 aromatic carbocycles. The van der Waals surface area contributed by atoms with Crippen LogP contribution in [-0.2, 0) is 15.3 Å². The van der Waals surface area contributed by atoms with Crippen molar-refractivity contribution in [2.45, 2.75) is 17.7 Å². The SMILES string of the molecule is CC(CO)(CN1CCSCC1S(C)(=O)=O)c1ccccc1. The van der Waals surface area contributed by atoms with Crippen LogP contribution in [0.25, 0.3) is 0 Å². The summed E-state index contributed by atoms with van der Waals surface area (Å²) in [7, 11) is -3.11. The van der Waals surface area contributed by atoms with Crippen molar-refractivity contribution in [1.82, 2.24) is 4.90 Å². The van der Waals surface area contributed by atoms with Crippen LogP contribution in [0, 0.1) is 0 Å². The Kier molecular flexibility index (Phi) is 5.35. The number of nitrogens with zero attached hydrogens (tertiary/aromatic N) is 1. The summed E-state index contributed by atoms with van der Waals surface area (Å²) < 4.78 is 24.0. The molecule has 1 N–H and O–H groups in total. The van der Waals surface area contributed by atoms with Gasteiger partial charge in [-0.25, -0.2) is 8.42 Å². The highest BCUT2D eigenvalue weighted by Crippen LogP contribution is 2.28. The summed E-state index contributed by atoms with van der Waals surface area (Å²) in [5.41, 5.74) is 0.588. The van der Waals surface area contributed by atoms with Crippen LogP contribution in [-0.4, -0.2) is 61.3 Å². The van der Waals surface area contributed by atoms with Gasteiger partial charge in [0.05, 0.1) is 6.61 Å². The largest absolute Gasteiger partial charge is 0.395 e. The molecule has 1 saturated heterocycles. The predicted molar refractivity (Wildman–Crippen MR) is 88.4 cm³/mol. The maximum absolute atomic E-state index is 12.0. The number of thioether (sulfide) groups is 1. The molecular formula is C15H23NO3S2. The Morgan fingerprint density at radius 1 is 1.38 bits per heavy atom. The molecule has 0 aliphatic carbocycles. The fourth-order valence-corrected chi connectivity index (χ4v) is 5.65. The molecule has 0 saturated carbocycles. The Bertz CT molecular complexity index is 562. The van der Waals surface area contributed by atoms with Crippen LogP contribution in [0.15, 0.2) is 30.3 Å². The molecule has 1 heterocycles. The van der Waals surface area contributed by atoms with Gasteiger partial charge < -0.3 is 5.11 Å². The van der Waals surface area contributed by atoms with Crippen molar-refractivity contribution < 1.29 is 13.5 Å². The number of benzene rings is 1. The molecular weight excluding hydrogens is 306 g/mol. The van der Waals surface area contributed by atoms with Crippen LogP contribution < -0.4 is 0 Å². The summed E-state index contributed by atoms with van der Waals surface area (Å²) in [6, 6.07) is 9.82. The Morgan fingerprint density at radius 2 is 2.05 bits per heavy atom. The Hall–Kier alpha value is -0.560. The second kappa shape index (κ2) is 6.69. The first-order chi connectivity index (χ1) is 9.87. The first-order valence-corrected chi connectivity index (χ1v) is 10.1. The molecule has 2 atom stereocenters. The molecule has 4 nitrogen and oxygen atoms in total. The third kappa shape index (κ3) is 4.00. The molecule has 21 heavy (non-hydrogen) atoms. The van der Waals surface area contributed by atoms with Crippen molar-refractivity contribution >= 4 is 21.6 Å². The minimum Gasteiger partial charge on any atom is -0.395 e. The normalized spacial score (nSPS) is 23.7. The second-order valence-corrected chi connectivity index (χ2v) is 9.27. The molecule has 0 aromatic heterocycles. The highest BCUT2D eigenvalue weighted by atomic mass is 32.2. The standard InChI is InChI=1S/C15H23NO3S2/c1-15(12-17,13-6-4-3-5-7-13)11-16-8-9-20-10-14(16)21(2,18)19/h3-7,14,17H,8-12H2,1-2H3. The number of hydrogen-bond acceptors (Lipinski definition) is 5. The molecule has 0 amide bonds. The van der Waals surface area contributed by atoms with Gasteiger partial charge in [-0.05, 0) is 5.56 Å². The van der Waals surface area contributed by atoms with Crippen molar-refractivity contribution in [2.75, 3.05) is 37.5 Å². The molecule has 1 fully saturated rings. The molecule has 2 rings (SSSR count). The first-order valence-electron chi connectivity index (χ1n) is 7.04. The van der Waals surface area contributed by atoms with E-state index < -0.39 is 20.6 Å². The molecule has 0 spiro atoms. The fraction of sp³-hybridized carbons (Fsp3) is 0.600. The van der Waals surface area contributed by atoms with Gasteiger partial charge in [-0.15, -0.1) is 0 Å². The number of aliphatic hydroxyl groups excluding tert-OH is 1. The number of rotatable bonds is 5. The molecule has 1 aliphatic heterocycles. The van der Waals surface area contributed by atoms with E-state index in [0.717, 1.165) is 17.9 Å². The lowest BCUT2D eigenvalue weighted by Gasteiger charge is -2.40. The topological polar surface area (TPSA) is 57.6 Å². The van der Waals surface area contributed by atoms with E-state index in [-0.39, 0.29) is 6.61 Å². The Labute approximate surface area is 131 Å². The molecule has 118 valence electrons. The van der Waals surface area contributed by atoms with Gasteiger partial charge in [0.15, 0.2) is 9.84 Å². The van der Waals surface area contributed by atoms with Gasteiger partial charge in [0.2, 0.25) is 0 Å². The zero-order valence-corrected chi connectivity index (χ0v) is 14.2. The summed E-state index contributed by atoms with van der Waals surface area (Å²) in [5.74, 6) is 1.54. The average Bonchev–Trinajstić information content (AvgIpc) is 2.47. The summed E-state index contributed by atoms with van der Waals surface area (Å²) in [4.78, 5) is 2.01. The van der Waals surface area contributed by atoms with Crippen LogP contribution in [0.5, 0.6) is 0 Å². The summed E-state index contributed by atoms with van der Waals surface area (Å²) in [6.07, 6.45) is 1.30. The minimum absolute atomic E-state index is 0.00284. The van der Waals surface area contributed by atoms with Crippen LogP contribution in [0.4, 0.5) is 0 Å². The van der Waals surface area contributed by atoms with Crippen LogP contribution >= 0.6 is 11.8 Å². The Morgan fingerprint density at radius 3 is 2.62 bits per heavy atom. The summed E-state index contributed by atoms with van der Waals surface area (Å²) in [6.45, 7) is 3.27. The van der Waals surface area contributed by atoms with Crippen molar-refractivity contribution in [1.29, 1.82) is 0 Å². The fourth-order valence-electron chi connectivity index (χ4n) is 2.71. The highest BCUT2D eigenvalue weighted by molar-refractivity contribution is 8.00. The monoisotopic (exact) mass is 329 g/mol. The Balaban J connectivity index is 2.24. The molecule has 1 aliphatic rings. The van der Waals surface area contributed by atoms with Crippen molar-refractivity contribution in [3.05, 3.63) is 35.9 Å². The van der Waals surface area contributed by atoms with E-state index in [0.29, 0.717) is 12.3 Å². The number of aliphatic hydroxyl groups is 1. The van der Waals surface area contributed by atoms with Crippen molar-refractivity contribution in [2.24, 2.45) is 0 Å². The predicted octanol–water partition coefficient (Wildman–Crippen LogP) is 1.36. The lowest BCUT2D eigenvalue weighted by molar-refractivity contribution is 0.141. The maximum atomic E-state index is 12.0. The summed E-state index contributed by atoms with van der Waals surface area (Å²) >= 11 is 1.68. The van der Waals surface area contributed by atoms with E-state index in [1.54, 1.807) is 11.8 Å². The van der Waals surface area contributed by atoms with Gasteiger partial charge in [-0.2, -0.15) is 11.8 Å².